The SMILES string of the molecule is CCOc1ccc(-c2ccc[nH]2)cc1NC=O. The van der Waals surface area contributed by atoms with Crippen LogP contribution in [-0.2, 0) is 4.79 Å². The van der Waals surface area contributed by atoms with E-state index in [9.17, 15) is 4.79 Å². The van der Waals surface area contributed by atoms with Gasteiger partial charge >= 0.3 is 0 Å². The average Bonchev–Trinajstić information content (AvgIpc) is 2.85. The van der Waals surface area contributed by atoms with Gasteiger partial charge in [0.15, 0.2) is 0 Å². The van der Waals surface area contributed by atoms with E-state index in [0.29, 0.717) is 24.5 Å². The van der Waals surface area contributed by atoms with Crippen LogP contribution >= 0.6 is 0 Å². The van der Waals surface area contributed by atoms with Crippen LogP contribution in [0.5, 0.6) is 5.75 Å². The van der Waals surface area contributed by atoms with Gasteiger partial charge in [0.1, 0.15) is 5.75 Å². The van der Waals surface area contributed by atoms with Gasteiger partial charge in [-0.2, -0.15) is 0 Å². The molecule has 0 fully saturated rings. The number of amides is 1. The smallest absolute Gasteiger partial charge is 0.211 e. The van der Waals surface area contributed by atoms with Crippen molar-refractivity contribution >= 4 is 12.1 Å². The zero-order chi connectivity index (χ0) is 12.1. The number of benzene rings is 1. The first-order valence-electron chi connectivity index (χ1n) is 5.46. The number of carbonyl (C=O) groups is 1. The molecular formula is C13H14N2O2. The van der Waals surface area contributed by atoms with Crippen LogP contribution in [0.1, 0.15) is 6.92 Å². The highest BCUT2D eigenvalue weighted by molar-refractivity contribution is 5.79. The predicted molar refractivity (Wildman–Crippen MR) is 67.1 cm³/mol. The maximum absolute atomic E-state index is 10.6. The molecule has 1 aromatic heterocycles. The Morgan fingerprint density at radius 3 is 2.94 bits per heavy atom. The number of nitrogens with one attached hydrogen (secondary N) is 2. The second-order valence-corrected chi connectivity index (χ2v) is 3.49. The summed E-state index contributed by atoms with van der Waals surface area (Å²) >= 11 is 0. The van der Waals surface area contributed by atoms with E-state index in [1.54, 1.807) is 0 Å². The van der Waals surface area contributed by atoms with Gasteiger partial charge in [-0.05, 0) is 37.3 Å². The summed E-state index contributed by atoms with van der Waals surface area (Å²) in [5.74, 6) is 0.676. The Kier molecular flexibility index (Phi) is 3.45. The van der Waals surface area contributed by atoms with Crippen LogP contribution in [0.15, 0.2) is 36.5 Å². The normalized spacial score (nSPS) is 9.94. The molecule has 0 atom stereocenters. The number of anilines is 1. The van der Waals surface area contributed by atoms with Crippen molar-refractivity contribution in [2.24, 2.45) is 0 Å². The maximum Gasteiger partial charge on any atom is 0.211 e. The third-order valence-corrected chi connectivity index (χ3v) is 2.40. The molecule has 0 saturated heterocycles. The number of aromatic nitrogens is 1. The van der Waals surface area contributed by atoms with Crippen molar-refractivity contribution in [3.63, 3.8) is 0 Å². The highest BCUT2D eigenvalue weighted by atomic mass is 16.5. The number of carbonyl (C=O) groups excluding carboxylic acids is 1. The molecule has 0 unspecified atom stereocenters. The summed E-state index contributed by atoms with van der Waals surface area (Å²) in [5, 5.41) is 2.64. The van der Waals surface area contributed by atoms with Gasteiger partial charge in [0.25, 0.3) is 0 Å². The summed E-state index contributed by atoms with van der Waals surface area (Å²) < 4.78 is 5.43. The van der Waals surface area contributed by atoms with Gasteiger partial charge in [-0.15, -0.1) is 0 Å². The van der Waals surface area contributed by atoms with E-state index < -0.39 is 0 Å². The quantitative estimate of drug-likeness (QED) is 0.776. The van der Waals surface area contributed by atoms with E-state index in [1.165, 1.54) is 0 Å². The van der Waals surface area contributed by atoms with Crippen molar-refractivity contribution in [1.82, 2.24) is 4.98 Å². The van der Waals surface area contributed by atoms with Gasteiger partial charge in [-0.3, -0.25) is 4.79 Å². The molecule has 0 aliphatic carbocycles. The Bertz CT molecular complexity index is 492. The summed E-state index contributed by atoms with van der Waals surface area (Å²) in [5.41, 5.74) is 2.68. The number of aromatic amines is 1. The van der Waals surface area contributed by atoms with Crippen molar-refractivity contribution in [2.45, 2.75) is 6.92 Å². The van der Waals surface area contributed by atoms with Crippen LogP contribution in [0.4, 0.5) is 5.69 Å². The van der Waals surface area contributed by atoms with Crippen molar-refractivity contribution in [3.8, 4) is 17.0 Å². The predicted octanol–water partition coefficient (Wildman–Crippen LogP) is 2.65. The van der Waals surface area contributed by atoms with E-state index in [0.717, 1.165) is 11.3 Å². The molecule has 0 saturated carbocycles. The van der Waals surface area contributed by atoms with Crippen LogP contribution in [0, 0.1) is 0 Å². The molecule has 2 rings (SSSR count). The number of ether oxygens (including phenoxy) is 1. The summed E-state index contributed by atoms with van der Waals surface area (Å²) in [6.45, 7) is 2.47. The highest BCUT2D eigenvalue weighted by Crippen LogP contribution is 2.29. The van der Waals surface area contributed by atoms with Crippen LogP contribution in [-0.4, -0.2) is 18.0 Å². The Balaban J connectivity index is 2.37. The molecule has 0 aliphatic rings. The van der Waals surface area contributed by atoms with Gasteiger partial charge in [0.2, 0.25) is 6.41 Å². The Labute approximate surface area is 99.6 Å². The van der Waals surface area contributed by atoms with Crippen molar-refractivity contribution in [2.75, 3.05) is 11.9 Å². The lowest BCUT2D eigenvalue weighted by Crippen LogP contribution is -2.00. The lowest BCUT2D eigenvalue weighted by Gasteiger charge is -2.10. The number of H-pyrrole nitrogens is 1. The molecule has 4 heteroatoms. The molecule has 0 spiro atoms. The standard InChI is InChI=1S/C13H14N2O2/c1-2-17-13-6-5-10(8-12(13)15-9-16)11-4-3-7-14-11/h3-9,14H,2H2,1H3,(H,15,16). The van der Waals surface area contributed by atoms with E-state index >= 15 is 0 Å². The number of rotatable bonds is 5. The maximum atomic E-state index is 10.6. The van der Waals surface area contributed by atoms with Crippen LogP contribution in [0.2, 0.25) is 0 Å². The summed E-state index contributed by atoms with van der Waals surface area (Å²) in [6, 6.07) is 9.59. The van der Waals surface area contributed by atoms with E-state index in [4.69, 9.17) is 4.74 Å². The second kappa shape index (κ2) is 5.21. The first-order valence-corrected chi connectivity index (χ1v) is 5.46. The minimum atomic E-state index is 0.565. The zero-order valence-corrected chi connectivity index (χ0v) is 9.57. The summed E-state index contributed by atoms with van der Waals surface area (Å²) in [6.07, 6.45) is 2.51. The molecule has 17 heavy (non-hydrogen) atoms. The summed E-state index contributed by atoms with van der Waals surface area (Å²) in [7, 11) is 0. The summed E-state index contributed by atoms with van der Waals surface area (Å²) in [4.78, 5) is 13.7. The Morgan fingerprint density at radius 1 is 1.41 bits per heavy atom. The van der Waals surface area contributed by atoms with Gasteiger partial charge in [0.05, 0.1) is 12.3 Å². The molecule has 2 N–H and O–H groups in total. The molecular weight excluding hydrogens is 216 g/mol. The van der Waals surface area contributed by atoms with Gasteiger partial charge in [0, 0.05) is 17.5 Å². The van der Waals surface area contributed by atoms with E-state index in [2.05, 4.69) is 10.3 Å². The molecule has 4 nitrogen and oxygen atoms in total. The average molecular weight is 230 g/mol. The van der Waals surface area contributed by atoms with Crippen molar-refractivity contribution < 1.29 is 9.53 Å². The van der Waals surface area contributed by atoms with Crippen LogP contribution in [0.25, 0.3) is 11.3 Å². The zero-order valence-electron chi connectivity index (χ0n) is 9.57. The van der Waals surface area contributed by atoms with Crippen molar-refractivity contribution in [1.29, 1.82) is 0 Å². The van der Waals surface area contributed by atoms with E-state index in [-0.39, 0.29) is 0 Å². The first-order chi connectivity index (χ1) is 8.35. The molecule has 0 aliphatic heterocycles. The minimum absolute atomic E-state index is 0.565. The minimum Gasteiger partial charge on any atom is -0.492 e. The first kappa shape index (κ1) is 11.3. The van der Waals surface area contributed by atoms with E-state index in [1.807, 2.05) is 43.5 Å². The number of hydrogen-bond donors (Lipinski definition) is 2. The Morgan fingerprint density at radius 2 is 2.29 bits per heavy atom. The highest BCUT2D eigenvalue weighted by Gasteiger charge is 2.06. The van der Waals surface area contributed by atoms with Gasteiger partial charge in [-0.1, -0.05) is 0 Å². The van der Waals surface area contributed by atoms with Gasteiger partial charge < -0.3 is 15.0 Å². The molecule has 1 aromatic carbocycles. The topological polar surface area (TPSA) is 54.1 Å². The van der Waals surface area contributed by atoms with Crippen LogP contribution in [0.3, 0.4) is 0 Å². The second-order valence-electron chi connectivity index (χ2n) is 3.49. The molecule has 2 aromatic rings. The van der Waals surface area contributed by atoms with Gasteiger partial charge in [-0.25, -0.2) is 0 Å². The van der Waals surface area contributed by atoms with Crippen molar-refractivity contribution in [3.05, 3.63) is 36.5 Å². The van der Waals surface area contributed by atoms with Crippen LogP contribution < -0.4 is 10.1 Å². The Hall–Kier alpha value is -2.23. The fourth-order valence-corrected chi connectivity index (χ4v) is 1.67. The third-order valence-electron chi connectivity index (χ3n) is 2.40. The largest absolute Gasteiger partial charge is 0.492 e. The fourth-order valence-electron chi connectivity index (χ4n) is 1.67. The molecule has 1 heterocycles. The lowest BCUT2D eigenvalue weighted by atomic mass is 10.1. The third kappa shape index (κ3) is 2.47. The molecule has 0 bridgehead atoms. The lowest BCUT2D eigenvalue weighted by molar-refractivity contribution is -0.105. The molecule has 88 valence electrons. The fraction of sp³-hybridized carbons (Fsp3) is 0.154. The monoisotopic (exact) mass is 230 g/mol. The molecule has 0 radical (unpaired) electrons. The number of hydrogen-bond acceptors (Lipinski definition) is 2. The molecule has 1 amide bonds.